The Balaban J connectivity index is 1.02. The van der Waals surface area contributed by atoms with Crippen LogP contribution in [-0.4, -0.2) is 40.0 Å². The Morgan fingerprint density at radius 1 is 0.844 bits per heavy atom. The summed E-state index contributed by atoms with van der Waals surface area (Å²) < 4.78 is 12.8. The van der Waals surface area contributed by atoms with E-state index in [1.54, 1.807) is 36.4 Å². The molecular weight excluding hydrogens is 614 g/mol. The number of carboxylic acid groups (broad SMARTS) is 1. The summed E-state index contributed by atoms with van der Waals surface area (Å²) in [5, 5.41) is 17.0. The molecule has 3 N–H and O–H groups in total. The zero-order valence-corrected chi connectivity index (χ0v) is 25.4. The minimum atomic E-state index is -1.13. The van der Waals surface area contributed by atoms with Gasteiger partial charge in [-0.1, -0.05) is 35.9 Å². The summed E-state index contributed by atoms with van der Waals surface area (Å²) >= 11 is 7.23. The molecule has 3 aromatic carbocycles. The maximum atomic E-state index is 12.6. The predicted molar refractivity (Wildman–Crippen MR) is 173 cm³/mol. The summed E-state index contributed by atoms with van der Waals surface area (Å²) in [6, 6.07) is 24.5. The van der Waals surface area contributed by atoms with Gasteiger partial charge in [-0.2, -0.15) is 0 Å². The van der Waals surface area contributed by atoms with Gasteiger partial charge in [-0.3, -0.25) is 9.59 Å². The normalized spacial score (nSPS) is 16.1. The van der Waals surface area contributed by atoms with Gasteiger partial charge in [-0.05, 0) is 91.1 Å². The van der Waals surface area contributed by atoms with Gasteiger partial charge in [0.25, 0.3) is 11.8 Å². The number of amides is 2. The van der Waals surface area contributed by atoms with Crippen molar-refractivity contribution in [1.82, 2.24) is 10.3 Å². The number of carboxylic acids is 1. The standard InChI is InChI=1S/C34H28ClN3O6S/c35-30-15-14-29(45-30)33(40)37-23-8-12-24(13-9-23)43-25-10-5-21-18-26(11-6-20(21)17-25)44-31-16-7-22(19-36-31)32(39)38-28-4-2-1-3-27(28)34(41)42/h1-7,10-11,14-19,23-24H,8-9,12-13H2,(H,37,40)(H,38,39)(H,41,42). The van der Waals surface area contributed by atoms with Gasteiger partial charge in [-0.15, -0.1) is 11.3 Å². The third-order valence-electron chi connectivity index (χ3n) is 7.52. The summed E-state index contributed by atoms with van der Waals surface area (Å²) in [7, 11) is 0. The lowest BCUT2D eigenvalue weighted by molar-refractivity contribution is 0.0697. The van der Waals surface area contributed by atoms with Gasteiger partial charge < -0.3 is 25.2 Å². The fourth-order valence-corrected chi connectivity index (χ4v) is 6.16. The number of carbonyl (C=O) groups is 3. The van der Waals surface area contributed by atoms with E-state index in [4.69, 9.17) is 21.1 Å². The number of hydrogen-bond donors (Lipinski definition) is 3. The van der Waals surface area contributed by atoms with E-state index in [9.17, 15) is 19.5 Å². The molecule has 1 fully saturated rings. The number of thiophene rings is 1. The Labute approximate surface area is 267 Å². The molecule has 0 atom stereocenters. The second-order valence-corrected chi connectivity index (χ2v) is 12.3. The number of rotatable bonds is 9. The molecular formula is C34H28ClN3O6S. The lowest BCUT2D eigenvalue weighted by Crippen LogP contribution is -2.39. The lowest BCUT2D eigenvalue weighted by atomic mass is 9.93. The third-order valence-corrected chi connectivity index (χ3v) is 8.75. The number of para-hydroxylation sites is 1. The average molecular weight is 642 g/mol. The number of hydrogen-bond acceptors (Lipinski definition) is 7. The molecule has 2 heterocycles. The molecule has 1 saturated carbocycles. The first-order chi connectivity index (χ1) is 21.8. The van der Waals surface area contributed by atoms with Gasteiger partial charge in [0, 0.05) is 18.3 Å². The van der Waals surface area contributed by atoms with Crippen LogP contribution in [-0.2, 0) is 0 Å². The Hall–Kier alpha value is -4.93. The first-order valence-electron chi connectivity index (χ1n) is 14.3. The van der Waals surface area contributed by atoms with E-state index in [0.717, 1.165) is 42.2 Å². The van der Waals surface area contributed by atoms with Gasteiger partial charge in [0.15, 0.2) is 0 Å². The molecule has 1 aliphatic rings. The molecule has 0 spiro atoms. The molecule has 5 aromatic rings. The zero-order valence-electron chi connectivity index (χ0n) is 23.9. The van der Waals surface area contributed by atoms with Crippen LogP contribution < -0.4 is 20.1 Å². The SMILES string of the molecule is O=C(Nc1ccccc1C(=O)O)c1ccc(Oc2ccc3cc(OC4CCC(NC(=O)c5ccc(Cl)s5)CC4)ccc3c2)nc1. The average Bonchev–Trinajstić information content (AvgIpc) is 3.49. The molecule has 9 nitrogen and oxygen atoms in total. The second kappa shape index (κ2) is 13.4. The first-order valence-corrected chi connectivity index (χ1v) is 15.5. The molecule has 2 aromatic heterocycles. The third kappa shape index (κ3) is 7.42. The summed E-state index contributed by atoms with van der Waals surface area (Å²) in [5.41, 5.74) is 0.463. The van der Waals surface area contributed by atoms with Crippen LogP contribution in [0.1, 0.15) is 56.1 Å². The summed E-state index contributed by atoms with van der Waals surface area (Å²) in [5.74, 6) is -0.00532. The van der Waals surface area contributed by atoms with E-state index in [1.807, 2.05) is 36.4 Å². The molecule has 228 valence electrons. The number of carbonyl (C=O) groups excluding carboxylic acids is 2. The van der Waals surface area contributed by atoms with E-state index >= 15 is 0 Å². The monoisotopic (exact) mass is 641 g/mol. The number of benzene rings is 3. The number of nitrogens with one attached hydrogen (secondary N) is 2. The van der Waals surface area contributed by atoms with Gasteiger partial charge in [-0.25, -0.2) is 9.78 Å². The Kier molecular flexibility index (Phi) is 8.95. The molecule has 0 bridgehead atoms. The molecule has 45 heavy (non-hydrogen) atoms. The highest BCUT2D eigenvalue weighted by molar-refractivity contribution is 7.18. The van der Waals surface area contributed by atoms with Crippen molar-refractivity contribution in [3.63, 3.8) is 0 Å². The van der Waals surface area contributed by atoms with Crippen LogP contribution in [0.25, 0.3) is 10.8 Å². The van der Waals surface area contributed by atoms with Crippen LogP contribution >= 0.6 is 22.9 Å². The number of aromatic nitrogens is 1. The number of ether oxygens (including phenoxy) is 2. The number of fused-ring (bicyclic) bond motifs is 1. The van der Waals surface area contributed by atoms with Crippen molar-refractivity contribution in [3.8, 4) is 17.4 Å². The first kappa shape index (κ1) is 30.1. The second-order valence-electron chi connectivity index (χ2n) is 10.6. The number of anilines is 1. The van der Waals surface area contributed by atoms with Gasteiger partial charge in [0.05, 0.1) is 32.1 Å². The molecule has 0 unspecified atom stereocenters. The molecule has 6 rings (SSSR count). The number of halogens is 1. The molecule has 11 heteroatoms. The maximum absolute atomic E-state index is 12.6. The van der Waals surface area contributed by atoms with Gasteiger partial charge in [0.2, 0.25) is 5.88 Å². The van der Waals surface area contributed by atoms with E-state index < -0.39 is 11.9 Å². The fourth-order valence-electron chi connectivity index (χ4n) is 5.22. The molecule has 0 saturated heterocycles. The van der Waals surface area contributed by atoms with Gasteiger partial charge >= 0.3 is 5.97 Å². The molecule has 0 aliphatic heterocycles. The quantitative estimate of drug-likeness (QED) is 0.150. The molecule has 0 radical (unpaired) electrons. The smallest absolute Gasteiger partial charge is 0.337 e. The minimum absolute atomic E-state index is 0.000150. The molecule has 1 aliphatic carbocycles. The highest BCUT2D eigenvalue weighted by atomic mass is 35.5. The summed E-state index contributed by atoms with van der Waals surface area (Å²) in [4.78, 5) is 41.4. The topological polar surface area (TPSA) is 127 Å². The minimum Gasteiger partial charge on any atom is -0.490 e. The van der Waals surface area contributed by atoms with Crippen LogP contribution in [0, 0.1) is 0 Å². The lowest BCUT2D eigenvalue weighted by Gasteiger charge is -2.29. The molecule has 2 amide bonds. The van der Waals surface area contributed by atoms with E-state index in [0.29, 0.717) is 20.8 Å². The maximum Gasteiger partial charge on any atom is 0.337 e. The van der Waals surface area contributed by atoms with Crippen molar-refractivity contribution in [2.24, 2.45) is 0 Å². The number of pyridine rings is 1. The van der Waals surface area contributed by atoms with Crippen molar-refractivity contribution >= 4 is 57.2 Å². The van der Waals surface area contributed by atoms with Crippen LogP contribution in [0.2, 0.25) is 4.34 Å². The van der Waals surface area contributed by atoms with Crippen molar-refractivity contribution in [2.45, 2.75) is 37.8 Å². The largest absolute Gasteiger partial charge is 0.490 e. The van der Waals surface area contributed by atoms with E-state index in [-0.39, 0.29) is 34.9 Å². The number of nitrogens with zero attached hydrogens (tertiary/aromatic N) is 1. The van der Waals surface area contributed by atoms with Crippen molar-refractivity contribution in [2.75, 3.05) is 5.32 Å². The van der Waals surface area contributed by atoms with E-state index in [2.05, 4.69) is 15.6 Å². The van der Waals surface area contributed by atoms with Gasteiger partial charge in [0.1, 0.15) is 11.5 Å². The zero-order chi connectivity index (χ0) is 31.3. The van der Waals surface area contributed by atoms with Crippen LogP contribution in [0.4, 0.5) is 5.69 Å². The highest BCUT2D eigenvalue weighted by Crippen LogP contribution is 2.30. The highest BCUT2D eigenvalue weighted by Gasteiger charge is 2.24. The van der Waals surface area contributed by atoms with Crippen molar-refractivity contribution < 1.29 is 29.0 Å². The summed E-state index contributed by atoms with van der Waals surface area (Å²) in [6.45, 7) is 0. The fraction of sp³-hybridized carbons (Fsp3) is 0.176. The Morgan fingerprint density at radius 2 is 1.58 bits per heavy atom. The number of aromatic carboxylic acids is 1. The van der Waals surface area contributed by atoms with Crippen molar-refractivity contribution in [3.05, 3.63) is 111 Å². The Morgan fingerprint density at radius 3 is 2.27 bits per heavy atom. The van der Waals surface area contributed by atoms with Crippen molar-refractivity contribution in [1.29, 1.82) is 0 Å². The summed E-state index contributed by atoms with van der Waals surface area (Å²) in [6.07, 6.45) is 4.86. The van der Waals surface area contributed by atoms with Crippen LogP contribution in [0.15, 0.2) is 91.1 Å². The van der Waals surface area contributed by atoms with E-state index in [1.165, 1.54) is 29.7 Å². The predicted octanol–water partition coefficient (Wildman–Crippen LogP) is 7.81. The Bertz CT molecular complexity index is 1870. The van der Waals surface area contributed by atoms with Crippen LogP contribution in [0.3, 0.4) is 0 Å². The van der Waals surface area contributed by atoms with Crippen LogP contribution in [0.5, 0.6) is 17.4 Å².